The molecule has 0 fully saturated rings. The fraction of sp³-hybridized carbons (Fsp3) is 0.647. The predicted octanol–water partition coefficient (Wildman–Crippen LogP) is 3.69. The molecular weight excluding hydrogens is 250 g/mol. The number of aryl methyl sites for hydroxylation is 1. The molecule has 1 N–H and O–H groups in total. The summed E-state index contributed by atoms with van der Waals surface area (Å²) >= 11 is 0. The summed E-state index contributed by atoms with van der Waals surface area (Å²) in [6, 6.07) is 6.32. The molecule has 0 amide bonds. The van der Waals surface area contributed by atoms with Gasteiger partial charge in [-0.3, -0.25) is 0 Å². The van der Waals surface area contributed by atoms with E-state index in [1.807, 2.05) is 0 Å². The van der Waals surface area contributed by atoms with Crippen molar-refractivity contribution in [2.24, 2.45) is 0 Å². The van der Waals surface area contributed by atoms with Crippen molar-refractivity contribution in [3.8, 4) is 5.75 Å². The summed E-state index contributed by atoms with van der Waals surface area (Å²) in [5.74, 6) is 0.951. The number of hydrogen-bond donors (Lipinski definition) is 1. The maximum atomic E-state index is 5.84. The van der Waals surface area contributed by atoms with Gasteiger partial charge in [-0.05, 0) is 40.2 Å². The summed E-state index contributed by atoms with van der Waals surface area (Å²) in [6.45, 7) is 13.6. The van der Waals surface area contributed by atoms with E-state index in [4.69, 9.17) is 9.47 Å². The van der Waals surface area contributed by atoms with Gasteiger partial charge in [-0.15, -0.1) is 0 Å². The molecule has 0 radical (unpaired) electrons. The fourth-order valence-electron chi connectivity index (χ4n) is 1.80. The Morgan fingerprint density at radius 3 is 2.50 bits per heavy atom. The summed E-state index contributed by atoms with van der Waals surface area (Å²) in [5, 5.41) is 3.51. The fourth-order valence-corrected chi connectivity index (χ4v) is 1.80. The van der Waals surface area contributed by atoms with Crippen LogP contribution in [-0.2, 0) is 11.3 Å². The Balaban J connectivity index is 2.56. The molecule has 0 aliphatic rings. The van der Waals surface area contributed by atoms with Crippen LogP contribution in [0.25, 0.3) is 0 Å². The van der Waals surface area contributed by atoms with Crippen LogP contribution in [0.2, 0.25) is 0 Å². The van der Waals surface area contributed by atoms with E-state index in [-0.39, 0.29) is 5.54 Å². The highest BCUT2D eigenvalue weighted by Gasteiger charge is 2.11. The van der Waals surface area contributed by atoms with Crippen LogP contribution in [0.4, 0.5) is 0 Å². The SMILES string of the molecule is CCCOCCOc1ccc(C)cc1CNC(C)(C)C. The number of nitrogens with one attached hydrogen (secondary N) is 1. The second-order valence-electron chi connectivity index (χ2n) is 6.18. The van der Waals surface area contributed by atoms with Crippen molar-refractivity contribution in [3.63, 3.8) is 0 Å². The largest absolute Gasteiger partial charge is 0.491 e. The lowest BCUT2D eigenvalue weighted by Gasteiger charge is -2.22. The Morgan fingerprint density at radius 1 is 1.10 bits per heavy atom. The van der Waals surface area contributed by atoms with Crippen LogP contribution < -0.4 is 10.1 Å². The van der Waals surface area contributed by atoms with Crippen LogP contribution in [0.5, 0.6) is 5.75 Å². The van der Waals surface area contributed by atoms with Crippen LogP contribution in [0, 0.1) is 6.92 Å². The van der Waals surface area contributed by atoms with Gasteiger partial charge in [-0.1, -0.05) is 24.6 Å². The van der Waals surface area contributed by atoms with Crippen LogP contribution in [0.1, 0.15) is 45.2 Å². The molecule has 0 spiro atoms. The summed E-state index contributed by atoms with van der Waals surface area (Å²) in [6.07, 6.45) is 1.05. The smallest absolute Gasteiger partial charge is 0.123 e. The summed E-state index contributed by atoms with van der Waals surface area (Å²) in [5.41, 5.74) is 2.56. The molecule has 0 heterocycles. The highest BCUT2D eigenvalue weighted by Crippen LogP contribution is 2.20. The Labute approximate surface area is 123 Å². The molecule has 1 rings (SSSR count). The Hall–Kier alpha value is -1.06. The van der Waals surface area contributed by atoms with Crippen molar-refractivity contribution in [2.45, 2.75) is 53.1 Å². The third kappa shape index (κ3) is 6.92. The van der Waals surface area contributed by atoms with E-state index in [1.54, 1.807) is 0 Å². The average Bonchev–Trinajstić information content (AvgIpc) is 2.37. The van der Waals surface area contributed by atoms with Gasteiger partial charge in [0, 0.05) is 24.3 Å². The van der Waals surface area contributed by atoms with Crippen LogP contribution in [-0.4, -0.2) is 25.4 Å². The van der Waals surface area contributed by atoms with Crippen LogP contribution in [0.3, 0.4) is 0 Å². The predicted molar refractivity (Wildman–Crippen MR) is 84.4 cm³/mol. The molecule has 0 aromatic heterocycles. The quantitative estimate of drug-likeness (QED) is 0.736. The molecular formula is C17H29NO2. The minimum atomic E-state index is 0.102. The van der Waals surface area contributed by atoms with Crippen molar-refractivity contribution in [3.05, 3.63) is 29.3 Å². The van der Waals surface area contributed by atoms with Gasteiger partial charge in [0.2, 0.25) is 0 Å². The van der Waals surface area contributed by atoms with Crippen molar-refractivity contribution < 1.29 is 9.47 Å². The van der Waals surface area contributed by atoms with Gasteiger partial charge < -0.3 is 14.8 Å². The van der Waals surface area contributed by atoms with Crippen LogP contribution >= 0.6 is 0 Å². The molecule has 1 aromatic rings. The molecule has 0 bridgehead atoms. The summed E-state index contributed by atoms with van der Waals surface area (Å²) in [4.78, 5) is 0. The number of hydrogen-bond acceptors (Lipinski definition) is 3. The lowest BCUT2D eigenvalue weighted by atomic mass is 10.1. The van der Waals surface area contributed by atoms with E-state index in [1.165, 1.54) is 11.1 Å². The molecule has 0 unspecified atom stereocenters. The van der Waals surface area contributed by atoms with Gasteiger partial charge in [-0.25, -0.2) is 0 Å². The van der Waals surface area contributed by atoms with Gasteiger partial charge in [0.25, 0.3) is 0 Å². The zero-order valence-corrected chi connectivity index (χ0v) is 13.6. The molecule has 1 aromatic carbocycles. The first-order valence-corrected chi connectivity index (χ1v) is 7.47. The Morgan fingerprint density at radius 2 is 1.85 bits per heavy atom. The van der Waals surface area contributed by atoms with Gasteiger partial charge in [0.1, 0.15) is 12.4 Å². The third-order valence-electron chi connectivity index (χ3n) is 2.86. The maximum Gasteiger partial charge on any atom is 0.123 e. The topological polar surface area (TPSA) is 30.5 Å². The molecule has 0 saturated heterocycles. The van der Waals surface area contributed by atoms with Crippen molar-refractivity contribution in [1.82, 2.24) is 5.32 Å². The van der Waals surface area contributed by atoms with E-state index in [9.17, 15) is 0 Å². The summed E-state index contributed by atoms with van der Waals surface area (Å²) < 4.78 is 11.3. The molecule has 20 heavy (non-hydrogen) atoms. The normalized spacial score (nSPS) is 11.7. The molecule has 0 atom stereocenters. The second-order valence-corrected chi connectivity index (χ2v) is 6.18. The van der Waals surface area contributed by atoms with E-state index in [2.05, 4.69) is 58.1 Å². The highest BCUT2D eigenvalue weighted by atomic mass is 16.5. The molecule has 0 aliphatic carbocycles. The first kappa shape index (κ1) is 17.0. The van der Waals surface area contributed by atoms with E-state index < -0.39 is 0 Å². The molecule has 0 aliphatic heterocycles. The van der Waals surface area contributed by atoms with E-state index in [0.717, 1.165) is 25.3 Å². The Kier molecular flexibility index (Phi) is 7.03. The molecule has 3 heteroatoms. The minimum Gasteiger partial charge on any atom is -0.491 e. The lowest BCUT2D eigenvalue weighted by Crippen LogP contribution is -2.35. The summed E-state index contributed by atoms with van der Waals surface area (Å²) in [7, 11) is 0. The molecule has 0 saturated carbocycles. The average molecular weight is 279 g/mol. The molecule has 114 valence electrons. The second kappa shape index (κ2) is 8.28. The van der Waals surface area contributed by atoms with Gasteiger partial charge >= 0.3 is 0 Å². The zero-order chi connectivity index (χ0) is 15.0. The first-order valence-electron chi connectivity index (χ1n) is 7.47. The highest BCUT2D eigenvalue weighted by molar-refractivity contribution is 5.36. The zero-order valence-electron chi connectivity index (χ0n) is 13.6. The van der Waals surface area contributed by atoms with Crippen molar-refractivity contribution in [2.75, 3.05) is 19.8 Å². The number of benzene rings is 1. The van der Waals surface area contributed by atoms with Gasteiger partial charge in [0.15, 0.2) is 0 Å². The van der Waals surface area contributed by atoms with Crippen molar-refractivity contribution in [1.29, 1.82) is 0 Å². The monoisotopic (exact) mass is 279 g/mol. The van der Waals surface area contributed by atoms with Crippen LogP contribution in [0.15, 0.2) is 18.2 Å². The Bertz CT molecular complexity index is 396. The number of rotatable bonds is 8. The van der Waals surface area contributed by atoms with E-state index >= 15 is 0 Å². The third-order valence-corrected chi connectivity index (χ3v) is 2.86. The standard InChI is InChI=1S/C17H29NO2/c1-6-9-19-10-11-20-16-8-7-14(2)12-15(16)13-18-17(3,4)5/h7-8,12,18H,6,9-11,13H2,1-5H3. The number of ether oxygens (including phenoxy) is 2. The van der Waals surface area contributed by atoms with Gasteiger partial charge in [-0.2, -0.15) is 0 Å². The lowest BCUT2D eigenvalue weighted by molar-refractivity contribution is 0.100. The first-order chi connectivity index (χ1) is 9.42. The molecule has 3 nitrogen and oxygen atoms in total. The maximum absolute atomic E-state index is 5.84. The van der Waals surface area contributed by atoms with E-state index in [0.29, 0.717) is 13.2 Å². The van der Waals surface area contributed by atoms with Gasteiger partial charge in [0.05, 0.1) is 6.61 Å². The van der Waals surface area contributed by atoms with Crippen molar-refractivity contribution >= 4 is 0 Å². The minimum absolute atomic E-state index is 0.102.